The van der Waals surface area contributed by atoms with Crippen molar-refractivity contribution in [3.05, 3.63) is 22.9 Å². The van der Waals surface area contributed by atoms with Crippen LogP contribution in [0.4, 0.5) is 5.69 Å². The summed E-state index contributed by atoms with van der Waals surface area (Å²) in [7, 11) is 1.25. The Hall–Kier alpha value is -2.64. The fourth-order valence-electron chi connectivity index (χ4n) is 2.19. The van der Waals surface area contributed by atoms with Crippen LogP contribution in [-0.4, -0.2) is 33.1 Å². The van der Waals surface area contributed by atoms with Crippen LogP contribution >= 0.6 is 0 Å². The Morgan fingerprint density at radius 2 is 2.26 bits per heavy atom. The van der Waals surface area contributed by atoms with Crippen molar-refractivity contribution in [1.82, 2.24) is 14.1 Å². The summed E-state index contributed by atoms with van der Waals surface area (Å²) in [5.41, 5.74) is 1.11. The lowest BCUT2D eigenvalue weighted by molar-refractivity contribution is -0.141. The maximum Gasteiger partial charge on any atom is 0.330 e. The van der Waals surface area contributed by atoms with Gasteiger partial charge in [0.1, 0.15) is 13.1 Å². The van der Waals surface area contributed by atoms with Gasteiger partial charge in [-0.15, -0.1) is 0 Å². The van der Waals surface area contributed by atoms with Gasteiger partial charge < -0.3 is 10.1 Å². The molecule has 0 saturated heterocycles. The highest BCUT2D eigenvalue weighted by Gasteiger charge is 2.24. The molecular weight excluding hydrogens is 252 g/mol. The maximum atomic E-state index is 12.2. The third-order valence-electron chi connectivity index (χ3n) is 3.01. The van der Waals surface area contributed by atoms with Gasteiger partial charge in [0.15, 0.2) is 0 Å². The van der Waals surface area contributed by atoms with Gasteiger partial charge in [0.2, 0.25) is 5.91 Å². The van der Waals surface area contributed by atoms with Gasteiger partial charge in [-0.3, -0.25) is 23.7 Å². The first-order chi connectivity index (χ1) is 9.11. The van der Waals surface area contributed by atoms with Crippen LogP contribution in [-0.2, 0) is 27.4 Å². The quantitative estimate of drug-likeness (QED) is 0.724. The van der Waals surface area contributed by atoms with E-state index in [-0.39, 0.29) is 19.0 Å². The van der Waals surface area contributed by atoms with Crippen LogP contribution in [0.3, 0.4) is 0 Å². The lowest BCUT2D eigenvalue weighted by atomic mass is 10.3. The molecule has 0 atom stereocenters. The van der Waals surface area contributed by atoms with E-state index in [1.807, 2.05) is 0 Å². The molecule has 1 N–H and O–H groups in total. The number of carbonyl (C=O) groups excluding carboxylic acids is 2. The number of rotatable bonds is 2. The second kappa shape index (κ2) is 3.94. The van der Waals surface area contributed by atoms with E-state index in [0.29, 0.717) is 16.7 Å². The number of hydrogen-bond donors (Lipinski definition) is 1. The predicted molar refractivity (Wildman–Crippen MR) is 64.6 cm³/mol. The van der Waals surface area contributed by atoms with Gasteiger partial charge in [-0.2, -0.15) is 0 Å². The van der Waals surface area contributed by atoms with Crippen molar-refractivity contribution in [2.75, 3.05) is 12.4 Å². The van der Waals surface area contributed by atoms with Crippen molar-refractivity contribution in [3.63, 3.8) is 0 Å². The first kappa shape index (κ1) is 11.5. The normalized spacial score (nSPS) is 13.4. The standard InChI is InChI=1S/C11H10N4O4/c1-19-9(17)5-14-7-3-12-2-6-10(7)15(11(14)18)4-8(16)13-6/h2-3H,4-5H2,1H3,(H,13,16). The first-order valence-electron chi connectivity index (χ1n) is 5.55. The van der Waals surface area contributed by atoms with Crippen molar-refractivity contribution in [3.8, 4) is 0 Å². The Balaban J connectivity index is 2.29. The molecule has 0 aliphatic carbocycles. The van der Waals surface area contributed by atoms with E-state index >= 15 is 0 Å². The van der Waals surface area contributed by atoms with Crippen molar-refractivity contribution in [2.45, 2.75) is 13.1 Å². The Morgan fingerprint density at radius 1 is 1.47 bits per heavy atom. The maximum absolute atomic E-state index is 12.2. The summed E-state index contributed by atoms with van der Waals surface area (Å²) in [5.74, 6) is -0.829. The third-order valence-corrected chi connectivity index (χ3v) is 3.01. The molecule has 0 aromatic carbocycles. The number of imidazole rings is 1. The summed E-state index contributed by atoms with van der Waals surface area (Å²) in [4.78, 5) is 39.0. The van der Waals surface area contributed by atoms with Crippen LogP contribution < -0.4 is 11.0 Å². The summed E-state index contributed by atoms with van der Waals surface area (Å²) < 4.78 is 7.13. The molecule has 0 bridgehead atoms. The van der Waals surface area contributed by atoms with E-state index < -0.39 is 11.7 Å². The fraction of sp³-hybridized carbons (Fsp3) is 0.273. The second-order valence-electron chi connectivity index (χ2n) is 4.13. The van der Waals surface area contributed by atoms with Crippen molar-refractivity contribution in [1.29, 1.82) is 0 Å². The van der Waals surface area contributed by atoms with E-state index in [1.165, 1.54) is 28.6 Å². The molecule has 8 nitrogen and oxygen atoms in total. The zero-order valence-electron chi connectivity index (χ0n) is 10.0. The molecule has 3 heterocycles. The minimum absolute atomic E-state index is 0.0689. The van der Waals surface area contributed by atoms with Gasteiger partial charge in [-0.1, -0.05) is 0 Å². The molecular formula is C11H10N4O4. The van der Waals surface area contributed by atoms with Gasteiger partial charge >= 0.3 is 11.7 Å². The number of ether oxygens (including phenoxy) is 1. The number of nitrogens with zero attached hydrogens (tertiary/aromatic N) is 3. The summed E-state index contributed by atoms with van der Waals surface area (Å²) in [6.07, 6.45) is 2.95. The molecule has 19 heavy (non-hydrogen) atoms. The van der Waals surface area contributed by atoms with E-state index in [4.69, 9.17) is 0 Å². The molecule has 0 unspecified atom stereocenters. The number of aromatic nitrogens is 3. The lowest BCUT2D eigenvalue weighted by Gasteiger charge is -2.13. The van der Waals surface area contributed by atoms with Crippen molar-refractivity contribution < 1.29 is 14.3 Å². The zero-order chi connectivity index (χ0) is 13.6. The SMILES string of the molecule is COC(=O)Cn1c(=O)n2c3c(cncc31)NC(=O)C2. The molecule has 1 aliphatic rings. The Morgan fingerprint density at radius 3 is 3.00 bits per heavy atom. The summed E-state index contributed by atoms with van der Waals surface area (Å²) in [6.45, 7) is -0.279. The minimum Gasteiger partial charge on any atom is -0.468 e. The molecule has 0 saturated carbocycles. The molecule has 8 heteroatoms. The van der Waals surface area contributed by atoms with Crippen LogP contribution in [0.5, 0.6) is 0 Å². The first-order valence-corrected chi connectivity index (χ1v) is 5.55. The number of methoxy groups -OCH3 is 1. The summed E-state index contributed by atoms with van der Waals surface area (Å²) in [5, 5.41) is 2.64. The average Bonchev–Trinajstić information content (AvgIpc) is 2.66. The van der Waals surface area contributed by atoms with E-state index in [1.54, 1.807) is 0 Å². The zero-order valence-corrected chi connectivity index (χ0v) is 10.0. The second-order valence-corrected chi connectivity index (χ2v) is 4.13. The minimum atomic E-state index is -0.537. The smallest absolute Gasteiger partial charge is 0.330 e. The molecule has 0 radical (unpaired) electrons. The Kier molecular flexibility index (Phi) is 2.37. The van der Waals surface area contributed by atoms with Crippen molar-refractivity contribution in [2.24, 2.45) is 0 Å². The Bertz CT molecular complexity index is 758. The molecule has 3 rings (SSSR count). The molecule has 2 aromatic rings. The van der Waals surface area contributed by atoms with Gasteiger partial charge in [0.25, 0.3) is 0 Å². The topological polar surface area (TPSA) is 95.2 Å². The lowest BCUT2D eigenvalue weighted by Crippen LogP contribution is -2.33. The van der Waals surface area contributed by atoms with Gasteiger partial charge in [-0.05, 0) is 0 Å². The van der Waals surface area contributed by atoms with E-state index in [2.05, 4.69) is 15.0 Å². The highest BCUT2D eigenvalue weighted by atomic mass is 16.5. The largest absolute Gasteiger partial charge is 0.468 e. The molecule has 0 fully saturated rings. The van der Waals surface area contributed by atoms with Crippen LogP contribution in [0.2, 0.25) is 0 Å². The highest BCUT2D eigenvalue weighted by molar-refractivity contribution is 6.02. The summed E-state index contributed by atoms with van der Waals surface area (Å²) in [6, 6.07) is 0. The van der Waals surface area contributed by atoms with Crippen LogP contribution in [0, 0.1) is 0 Å². The van der Waals surface area contributed by atoms with Gasteiger partial charge in [-0.25, -0.2) is 4.79 Å². The number of hydrogen-bond acceptors (Lipinski definition) is 5. The summed E-state index contributed by atoms with van der Waals surface area (Å²) >= 11 is 0. The van der Waals surface area contributed by atoms with Crippen LogP contribution in [0.1, 0.15) is 0 Å². The number of anilines is 1. The van der Waals surface area contributed by atoms with Crippen LogP contribution in [0.15, 0.2) is 17.2 Å². The van der Waals surface area contributed by atoms with Gasteiger partial charge in [0, 0.05) is 0 Å². The number of nitrogens with one attached hydrogen (secondary N) is 1. The number of esters is 1. The number of carbonyl (C=O) groups is 2. The molecule has 1 amide bonds. The Labute approximate surface area is 106 Å². The fourth-order valence-corrected chi connectivity index (χ4v) is 2.19. The van der Waals surface area contributed by atoms with E-state index in [9.17, 15) is 14.4 Å². The monoisotopic (exact) mass is 262 g/mol. The van der Waals surface area contributed by atoms with Crippen LogP contribution in [0.25, 0.3) is 11.0 Å². The molecule has 98 valence electrons. The predicted octanol–water partition coefficient (Wildman–Crippen LogP) is -0.677. The average molecular weight is 262 g/mol. The number of pyridine rings is 1. The third kappa shape index (κ3) is 1.60. The molecule has 1 aliphatic heterocycles. The number of amides is 1. The van der Waals surface area contributed by atoms with Gasteiger partial charge in [0.05, 0.1) is 36.2 Å². The molecule has 2 aromatic heterocycles. The highest BCUT2D eigenvalue weighted by Crippen LogP contribution is 2.24. The molecule has 0 spiro atoms. The van der Waals surface area contributed by atoms with Crippen molar-refractivity contribution >= 4 is 28.6 Å². The van der Waals surface area contributed by atoms with E-state index in [0.717, 1.165) is 0 Å².